The maximum Gasteiger partial charge on any atom is 0.226 e. The van der Waals surface area contributed by atoms with Crippen LogP contribution in [0.4, 0.5) is 0 Å². The summed E-state index contributed by atoms with van der Waals surface area (Å²) in [5, 5.41) is 0. The minimum Gasteiger partial charge on any atom is -0.441 e. The summed E-state index contributed by atoms with van der Waals surface area (Å²) >= 11 is 0. The minimum absolute atomic E-state index is 0.151. The highest BCUT2D eigenvalue weighted by Crippen LogP contribution is 2.25. The lowest BCUT2D eigenvalue weighted by atomic mass is 9.95. The number of morpholine rings is 1. The first kappa shape index (κ1) is 18.2. The molecule has 27 heavy (non-hydrogen) atoms. The Morgan fingerprint density at radius 3 is 2.52 bits per heavy atom. The van der Waals surface area contributed by atoms with Crippen LogP contribution >= 0.6 is 0 Å². The van der Waals surface area contributed by atoms with Crippen LogP contribution in [0.5, 0.6) is 0 Å². The first-order chi connectivity index (χ1) is 13.2. The molecular formula is C21H27N3O3. The Bertz CT molecular complexity index is 760. The number of carbonyl (C=O) groups is 1. The first-order valence-corrected chi connectivity index (χ1v) is 9.81. The van der Waals surface area contributed by atoms with Crippen molar-refractivity contribution in [1.29, 1.82) is 0 Å². The number of hydrogen-bond donors (Lipinski definition) is 0. The van der Waals surface area contributed by atoms with Crippen LogP contribution in [0.25, 0.3) is 11.5 Å². The van der Waals surface area contributed by atoms with Gasteiger partial charge in [-0.25, -0.2) is 4.98 Å². The third-order valence-electron chi connectivity index (χ3n) is 5.55. The highest BCUT2D eigenvalue weighted by atomic mass is 16.5. The number of ether oxygens (including phenoxy) is 1. The summed E-state index contributed by atoms with van der Waals surface area (Å²) in [6.45, 7) is 7.41. The van der Waals surface area contributed by atoms with Crippen molar-refractivity contribution in [2.24, 2.45) is 5.92 Å². The number of rotatable bonds is 4. The van der Waals surface area contributed by atoms with Gasteiger partial charge in [-0.05, 0) is 45.0 Å². The second-order valence-electron chi connectivity index (χ2n) is 7.38. The van der Waals surface area contributed by atoms with E-state index in [1.165, 1.54) is 0 Å². The molecule has 3 heterocycles. The molecule has 1 aromatic carbocycles. The zero-order chi connectivity index (χ0) is 18.6. The Labute approximate surface area is 160 Å². The van der Waals surface area contributed by atoms with E-state index in [9.17, 15) is 4.79 Å². The molecule has 6 heteroatoms. The van der Waals surface area contributed by atoms with E-state index in [1.54, 1.807) is 0 Å². The Morgan fingerprint density at radius 1 is 1.11 bits per heavy atom. The topological polar surface area (TPSA) is 58.8 Å². The van der Waals surface area contributed by atoms with E-state index in [-0.39, 0.29) is 5.92 Å². The van der Waals surface area contributed by atoms with Crippen LogP contribution in [0.1, 0.15) is 24.3 Å². The molecule has 1 amide bonds. The van der Waals surface area contributed by atoms with Gasteiger partial charge in [-0.15, -0.1) is 0 Å². The molecule has 2 aliphatic heterocycles. The number of likely N-dealkylation sites (tertiary alicyclic amines) is 1. The number of aromatic nitrogens is 1. The van der Waals surface area contributed by atoms with Crippen LogP contribution in [-0.4, -0.2) is 60.1 Å². The molecule has 0 aliphatic carbocycles. The van der Waals surface area contributed by atoms with Crippen LogP contribution < -0.4 is 0 Å². The fraction of sp³-hybridized carbons (Fsp3) is 0.524. The number of carbonyl (C=O) groups excluding carboxylic acids is 1. The zero-order valence-electron chi connectivity index (χ0n) is 15.9. The van der Waals surface area contributed by atoms with Crippen LogP contribution in [0, 0.1) is 12.8 Å². The van der Waals surface area contributed by atoms with E-state index in [4.69, 9.17) is 14.1 Å². The Balaban J connectivity index is 1.33. The van der Waals surface area contributed by atoms with Gasteiger partial charge in [0.05, 0.1) is 18.9 Å². The van der Waals surface area contributed by atoms with Crippen LogP contribution in [0.15, 0.2) is 34.7 Å². The van der Waals surface area contributed by atoms with Crippen molar-refractivity contribution in [3.63, 3.8) is 0 Å². The van der Waals surface area contributed by atoms with Gasteiger partial charge in [-0.3, -0.25) is 9.69 Å². The summed E-state index contributed by atoms with van der Waals surface area (Å²) in [5.74, 6) is 2.01. The summed E-state index contributed by atoms with van der Waals surface area (Å²) in [7, 11) is 0. The summed E-state index contributed by atoms with van der Waals surface area (Å²) in [5.41, 5.74) is 1.99. The number of nitrogens with zero attached hydrogens (tertiary/aromatic N) is 3. The number of oxazole rings is 1. The monoisotopic (exact) mass is 369 g/mol. The van der Waals surface area contributed by atoms with Gasteiger partial charge in [0.1, 0.15) is 5.76 Å². The molecular weight excluding hydrogens is 342 g/mol. The molecule has 0 spiro atoms. The molecule has 2 saturated heterocycles. The van der Waals surface area contributed by atoms with Gasteiger partial charge in [-0.1, -0.05) is 18.2 Å². The van der Waals surface area contributed by atoms with Crippen LogP contribution in [0.3, 0.4) is 0 Å². The molecule has 1 aromatic heterocycles. The van der Waals surface area contributed by atoms with Gasteiger partial charge in [-0.2, -0.15) is 0 Å². The van der Waals surface area contributed by atoms with E-state index < -0.39 is 0 Å². The second-order valence-corrected chi connectivity index (χ2v) is 7.38. The Hall–Kier alpha value is -2.18. The summed E-state index contributed by atoms with van der Waals surface area (Å²) in [6.07, 6.45) is 1.83. The predicted octanol–water partition coefficient (Wildman–Crippen LogP) is 2.72. The van der Waals surface area contributed by atoms with Gasteiger partial charge in [0.25, 0.3) is 0 Å². The number of hydrogen-bond acceptors (Lipinski definition) is 5. The smallest absolute Gasteiger partial charge is 0.226 e. The molecule has 0 saturated carbocycles. The van der Waals surface area contributed by atoms with Crippen molar-refractivity contribution in [1.82, 2.24) is 14.8 Å². The SMILES string of the molecule is Cc1oc(-c2ccccc2)nc1CN1CCC(C(=O)N2CCOCC2)CC1. The third-order valence-corrected chi connectivity index (χ3v) is 5.55. The molecule has 6 nitrogen and oxygen atoms in total. The number of piperidine rings is 1. The van der Waals surface area contributed by atoms with Gasteiger partial charge in [0.15, 0.2) is 0 Å². The summed E-state index contributed by atoms with van der Waals surface area (Å²) < 4.78 is 11.2. The molecule has 144 valence electrons. The zero-order valence-corrected chi connectivity index (χ0v) is 15.9. The van der Waals surface area contributed by atoms with Crippen molar-refractivity contribution in [2.45, 2.75) is 26.3 Å². The lowest BCUT2D eigenvalue weighted by molar-refractivity contribution is -0.141. The molecule has 4 rings (SSSR count). The minimum atomic E-state index is 0.151. The highest BCUT2D eigenvalue weighted by molar-refractivity contribution is 5.79. The largest absolute Gasteiger partial charge is 0.441 e. The lowest BCUT2D eigenvalue weighted by Gasteiger charge is -2.35. The molecule has 0 unspecified atom stereocenters. The summed E-state index contributed by atoms with van der Waals surface area (Å²) in [4.78, 5) is 21.7. The fourth-order valence-electron chi connectivity index (χ4n) is 3.87. The van der Waals surface area contributed by atoms with Gasteiger partial charge < -0.3 is 14.1 Å². The van der Waals surface area contributed by atoms with Crippen LogP contribution in [0.2, 0.25) is 0 Å². The lowest BCUT2D eigenvalue weighted by Crippen LogP contribution is -2.46. The standard InChI is InChI=1S/C21H27N3O3/c1-16-19(22-20(27-16)17-5-3-2-4-6-17)15-23-9-7-18(8-10-23)21(25)24-11-13-26-14-12-24/h2-6,18H,7-15H2,1H3. The Morgan fingerprint density at radius 2 is 1.81 bits per heavy atom. The van der Waals surface area contributed by atoms with Crippen molar-refractivity contribution in [2.75, 3.05) is 39.4 Å². The quantitative estimate of drug-likeness (QED) is 0.829. The van der Waals surface area contributed by atoms with Crippen molar-refractivity contribution in [3.8, 4) is 11.5 Å². The molecule has 0 radical (unpaired) electrons. The third kappa shape index (κ3) is 4.22. The van der Waals surface area contributed by atoms with Crippen molar-refractivity contribution in [3.05, 3.63) is 41.8 Å². The average molecular weight is 369 g/mol. The Kier molecular flexibility index (Phi) is 5.55. The molecule has 0 bridgehead atoms. The fourth-order valence-corrected chi connectivity index (χ4v) is 3.87. The number of amides is 1. The molecule has 2 aliphatic rings. The van der Waals surface area contributed by atoms with Crippen molar-refractivity contribution >= 4 is 5.91 Å². The van der Waals surface area contributed by atoms with Gasteiger partial charge in [0.2, 0.25) is 11.8 Å². The van der Waals surface area contributed by atoms with Crippen molar-refractivity contribution < 1.29 is 13.9 Å². The average Bonchev–Trinajstić information content (AvgIpc) is 3.10. The van der Waals surface area contributed by atoms with E-state index in [0.29, 0.717) is 25.0 Å². The van der Waals surface area contributed by atoms with E-state index >= 15 is 0 Å². The van der Waals surface area contributed by atoms with E-state index in [2.05, 4.69) is 4.90 Å². The molecule has 2 aromatic rings. The van der Waals surface area contributed by atoms with Crippen LogP contribution in [-0.2, 0) is 16.1 Å². The molecule has 0 atom stereocenters. The first-order valence-electron chi connectivity index (χ1n) is 9.81. The number of aryl methyl sites for hydroxylation is 1. The second kappa shape index (κ2) is 8.23. The maximum atomic E-state index is 12.7. The summed E-state index contributed by atoms with van der Waals surface area (Å²) in [6, 6.07) is 9.99. The number of benzene rings is 1. The van der Waals surface area contributed by atoms with Gasteiger partial charge in [0, 0.05) is 31.1 Å². The van der Waals surface area contributed by atoms with Gasteiger partial charge >= 0.3 is 0 Å². The van der Waals surface area contributed by atoms with E-state index in [0.717, 1.165) is 62.6 Å². The molecule has 2 fully saturated rings. The molecule has 0 N–H and O–H groups in total. The highest BCUT2D eigenvalue weighted by Gasteiger charge is 2.29. The maximum absolute atomic E-state index is 12.7. The normalized spacial score (nSPS) is 19.4. The van der Waals surface area contributed by atoms with E-state index in [1.807, 2.05) is 42.2 Å². The predicted molar refractivity (Wildman–Crippen MR) is 102 cm³/mol.